The highest BCUT2D eigenvalue weighted by atomic mass is 16.5. The van der Waals surface area contributed by atoms with Crippen molar-refractivity contribution in [2.24, 2.45) is 0 Å². The Bertz CT molecular complexity index is 652. The molecule has 0 fully saturated rings. The standard InChI is InChI=1S/C18H22N2O/c1-13-10-14(6-7-18(13)21-2)11-20-9-8-16-15(12-20)4-3-5-17(16)19/h3-7,10H,8-9,11-12,19H2,1-2H3. The Morgan fingerprint density at radius 2 is 2.10 bits per heavy atom. The van der Waals surface area contributed by atoms with Crippen molar-refractivity contribution >= 4 is 5.69 Å². The Morgan fingerprint density at radius 3 is 2.86 bits per heavy atom. The Labute approximate surface area is 126 Å². The van der Waals surface area contributed by atoms with Crippen molar-refractivity contribution in [2.45, 2.75) is 26.4 Å². The van der Waals surface area contributed by atoms with Gasteiger partial charge in [-0.2, -0.15) is 0 Å². The summed E-state index contributed by atoms with van der Waals surface area (Å²) < 4.78 is 5.32. The van der Waals surface area contributed by atoms with Crippen LogP contribution in [0.25, 0.3) is 0 Å². The average Bonchev–Trinajstić information content (AvgIpc) is 2.48. The zero-order chi connectivity index (χ0) is 14.8. The number of rotatable bonds is 3. The van der Waals surface area contributed by atoms with E-state index in [2.05, 4.69) is 42.2 Å². The van der Waals surface area contributed by atoms with Crippen LogP contribution in [-0.2, 0) is 19.5 Å². The van der Waals surface area contributed by atoms with E-state index in [1.807, 2.05) is 6.07 Å². The maximum absolute atomic E-state index is 6.06. The molecule has 1 aliphatic heterocycles. The molecule has 21 heavy (non-hydrogen) atoms. The van der Waals surface area contributed by atoms with E-state index < -0.39 is 0 Å². The molecule has 0 bridgehead atoms. The number of nitrogens with zero attached hydrogens (tertiary/aromatic N) is 1. The van der Waals surface area contributed by atoms with Crippen LogP contribution in [0, 0.1) is 6.92 Å². The molecule has 0 aromatic heterocycles. The van der Waals surface area contributed by atoms with E-state index in [1.54, 1.807) is 7.11 Å². The minimum Gasteiger partial charge on any atom is -0.496 e. The van der Waals surface area contributed by atoms with Gasteiger partial charge in [0, 0.05) is 25.3 Å². The van der Waals surface area contributed by atoms with Gasteiger partial charge in [0.1, 0.15) is 5.75 Å². The molecule has 2 aromatic carbocycles. The number of anilines is 1. The zero-order valence-electron chi connectivity index (χ0n) is 12.7. The highest BCUT2D eigenvalue weighted by molar-refractivity contribution is 5.51. The van der Waals surface area contributed by atoms with E-state index in [0.29, 0.717) is 0 Å². The van der Waals surface area contributed by atoms with Crippen molar-refractivity contribution in [3.05, 3.63) is 58.7 Å². The van der Waals surface area contributed by atoms with E-state index in [9.17, 15) is 0 Å². The topological polar surface area (TPSA) is 38.5 Å². The molecule has 3 rings (SSSR count). The summed E-state index contributed by atoms with van der Waals surface area (Å²) in [7, 11) is 1.72. The number of benzene rings is 2. The van der Waals surface area contributed by atoms with Crippen LogP contribution < -0.4 is 10.5 Å². The van der Waals surface area contributed by atoms with Crippen LogP contribution in [0.5, 0.6) is 5.75 Å². The van der Waals surface area contributed by atoms with Crippen LogP contribution in [0.15, 0.2) is 36.4 Å². The number of aryl methyl sites for hydroxylation is 1. The second-order valence-electron chi connectivity index (χ2n) is 5.75. The number of fused-ring (bicyclic) bond motifs is 1. The van der Waals surface area contributed by atoms with Crippen molar-refractivity contribution in [1.82, 2.24) is 4.90 Å². The smallest absolute Gasteiger partial charge is 0.121 e. The SMILES string of the molecule is COc1ccc(CN2CCc3c(N)cccc3C2)cc1C. The summed E-state index contributed by atoms with van der Waals surface area (Å²) in [4.78, 5) is 2.48. The summed E-state index contributed by atoms with van der Waals surface area (Å²) in [6.45, 7) is 5.10. The minimum absolute atomic E-state index is 0.937. The fourth-order valence-electron chi connectivity index (χ4n) is 3.13. The Kier molecular flexibility index (Phi) is 3.84. The summed E-state index contributed by atoms with van der Waals surface area (Å²) in [6.07, 6.45) is 1.04. The van der Waals surface area contributed by atoms with Crippen LogP contribution >= 0.6 is 0 Å². The summed E-state index contributed by atoms with van der Waals surface area (Å²) >= 11 is 0. The molecule has 0 radical (unpaired) electrons. The van der Waals surface area contributed by atoms with Crippen LogP contribution in [0.2, 0.25) is 0 Å². The molecule has 0 saturated heterocycles. The van der Waals surface area contributed by atoms with Gasteiger partial charge in [0.25, 0.3) is 0 Å². The van der Waals surface area contributed by atoms with Crippen molar-refractivity contribution < 1.29 is 4.74 Å². The lowest BCUT2D eigenvalue weighted by molar-refractivity contribution is 0.246. The highest BCUT2D eigenvalue weighted by Crippen LogP contribution is 2.26. The van der Waals surface area contributed by atoms with Crippen molar-refractivity contribution in [2.75, 3.05) is 19.4 Å². The predicted octanol–water partition coefficient (Wildman–Crippen LogP) is 3.14. The van der Waals surface area contributed by atoms with Gasteiger partial charge >= 0.3 is 0 Å². The lowest BCUT2D eigenvalue weighted by atomic mass is 9.97. The average molecular weight is 282 g/mol. The number of methoxy groups -OCH3 is 1. The van der Waals surface area contributed by atoms with E-state index in [0.717, 1.165) is 37.5 Å². The highest BCUT2D eigenvalue weighted by Gasteiger charge is 2.18. The molecule has 2 N–H and O–H groups in total. The molecule has 0 amide bonds. The van der Waals surface area contributed by atoms with Crippen LogP contribution in [0.4, 0.5) is 5.69 Å². The first-order valence-electron chi connectivity index (χ1n) is 7.39. The molecule has 110 valence electrons. The van der Waals surface area contributed by atoms with Gasteiger partial charge in [0.05, 0.1) is 7.11 Å². The zero-order valence-corrected chi connectivity index (χ0v) is 12.7. The fourth-order valence-corrected chi connectivity index (χ4v) is 3.13. The Balaban J connectivity index is 1.74. The van der Waals surface area contributed by atoms with Gasteiger partial charge in [-0.25, -0.2) is 0 Å². The van der Waals surface area contributed by atoms with Crippen molar-refractivity contribution in [1.29, 1.82) is 0 Å². The lowest BCUT2D eigenvalue weighted by Crippen LogP contribution is -2.30. The first-order chi connectivity index (χ1) is 10.2. The van der Waals surface area contributed by atoms with Gasteiger partial charge in [-0.3, -0.25) is 4.90 Å². The largest absolute Gasteiger partial charge is 0.496 e. The van der Waals surface area contributed by atoms with Crippen molar-refractivity contribution in [3.63, 3.8) is 0 Å². The Hall–Kier alpha value is -2.00. The summed E-state index contributed by atoms with van der Waals surface area (Å²) in [5, 5.41) is 0. The number of hydrogen-bond donors (Lipinski definition) is 1. The summed E-state index contributed by atoms with van der Waals surface area (Å²) in [5.41, 5.74) is 12.2. The maximum Gasteiger partial charge on any atom is 0.121 e. The lowest BCUT2D eigenvalue weighted by Gasteiger charge is -2.29. The van der Waals surface area contributed by atoms with Crippen LogP contribution in [0.3, 0.4) is 0 Å². The molecule has 3 heteroatoms. The predicted molar refractivity (Wildman–Crippen MR) is 86.4 cm³/mol. The Morgan fingerprint density at radius 1 is 1.24 bits per heavy atom. The third-order valence-electron chi connectivity index (χ3n) is 4.25. The quantitative estimate of drug-likeness (QED) is 0.879. The fraction of sp³-hybridized carbons (Fsp3) is 0.333. The number of nitrogens with two attached hydrogens (primary N) is 1. The van der Waals surface area contributed by atoms with Crippen molar-refractivity contribution in [3.8, 4) is 5.75 Å². The molecule has 1 aliphatic rings. The molecule has 0 unspecified atom stereocenters. The normalized spacial score (nSPS) is 14.8. The summed E-state index contributed by atoms with van der Waals surface area (Å²) in [5.74, 6) is 0.954. The third-order valence-corrected chi connectivity index (χ3v) is 4.25. The van der Waals surface area contributed by atoms with Gasteiger partial charge < -0.3 is 10.5 Å². The second kappa shape index (κ2) is 5.78. The summed E-state index contributed by atoms with van der Waals surface area (Å²) in [6, 6.07) is 12.7. The molecule has 1 heterocycles. The number of ether oxygens (including phenoxy) is 1. The molecule has 0 aliphatic carbocycles. The van der Waals surface area contributed by atoms with Gasteiger partial charge in [-0.15, -0.1) is 0 Å². The first-order valence-corrected chi connectivity index (χ1v) is 7.39. The van der Waals surface area contributed by atoms with E-state index in [4.69, 9.17) is 10.5 Å². The number of hydrogen-bond acceptors (Lipinski definition) is 3. The van der Waals surface area contributed by atoms with Gasteiger partial charge in [0.15, 0.2) is 0 Å². The third kappa shape index (κ3) is 2.88. The molecule has 2 aromatic rings. The molecule has 0 spiro atoms. The van der Waals surface area contributed by atoms with Gasteiger partial charge in [0.2, 0.25) is 0 Å². The first kappa shape index (κ1) is 14.0. The number of nitrogen functional groups attached to an aromatic ring is 1. The molecule has 3 nitrogen and oxygen atoms in total. The molecular weight excluding hydrogens is 260 g/mol. The second-order valence-corrected chi connectivity index (χ2v) is 5.75. The minimum atomic E-state index is 0.937. The molecule has 0 atom stereocenters. The van der Waals surface area contributed by atoms with Gasteiger partial charge in [-0.1, -0.05) is 24.3 Å². The van der Waals surface area contributed by atoms with E-state index >= 15 is 0 Å². The maximum atomic E-state index is 6.06. The van der Waals surface area contributed by atoms with Crippen LogP contribution in [0.1, 0.15) is 22.3 Å². The molecule has 0 saturated carbocycles. The molecular formula is C18H22N2O. The van der Waals surface area contributed by atoms with E-state index in [-0.39, 0.29) is 0 Å². The monoisotopic (exact) mass is 282 g/mol. The van der Waals surface area contributed by atoms with Crippen LogP contribution in [-0.4, -0.2) is 18.6 Å². The van der Waals surface area contributed by atoms with E-state index in [1.165, 1.54) is 22.3 Å². The van der Waals surface area contributed by atoms with Gasteiger partial charge in [-0.05, 0) is 47.7 Å².